The van der Waals surface area contributed by atoms with Crippen molar-refractivity contribution >= 4 is 0 Å². The first kappa shape index (κ1) is 14.5. The number of ether oxygens (including phenoxy) is 1. The SMILES string of the molecule is COCC(c1ccccc1)N1CC(CN)CCC1C. The van der Waals surface area contributed by atoms with Crippen LogP contribution in [0.25, 0.3) is 0 Å². The molecule has 1 fully saturated rings. The van der Waals surface area contributed by atoms with Crippen LogP contribution in [-0.2, 0) is 4.74 Å². The highest BCUT2D eigenvalue weighted by molar-refractivity contribution is 5.19. The molecule has 1 saturated heterocycles. The van der Waals surface area contributed by atoms with Crippen molar-refractivity contribution in [3.8, 4) is 0 Å². The summed E-state index contributed by atoms with van der Waals surface area (Å²) in [5.41, 5.74) is 7.21. The van der Waals surface area contributed by atoms with Gasteiger partial charge in [0.15, 0.2) is 0 Å². The van der Waals surface area contributed by atoms with Gasteiger partial charge in [0.05, 0.1) is 12.6 Å². The van der Waals surface area contributed by atoms with Crippen molar-refractivity contribution in [2.24, 2.45) is 11.7 Å². The van der Waals surface area contributed by atoms with E-state index < -0.39 is 0 Å². The van der Waals surface area contributed by atoms with Crippen LogP contribution in [0.2, 0.25) is 0 Å². The smallest absolute Gasteiger partial charge is 0.0659 e. The largest absolute Gasteiger partial charge is 0.383 e. The van der Waals surface area contributed by atoms with Gasteiger partial charge in [-0.1, -0.05) is 30.3 Å². The Morgan fingerprint density at radius 2 is 2.05 bits per heavy atom. The Balaban J connectivity index is 2.17. The average Bonchev–Trinajstić information content (AvgIpc) is 2.47. The number of methoxy groups -OCH3 is 1. The van der Waals surface area contributed by atoms with E-state index >= 15 is 0 Å². The molecule has 3 nitrogen and oxygen atoms in total. The molecule has 0 bridgehead atoms. The Hall–Kier alpha value is -0.900. The van der Waals surface area contributed by atoms with E-state index in [-0.39, 0.29) is 0 Å². The van der Waals surface area contributed by atoms with Gasteiger partial charge in [0.25, 0.3) is 0 Å². The van der Waals surface area contributed by atoms with Crippen LogP contribution < -0.4 is 5.73 Å². The van der Waals surface area contributed by atoms with Crippen molar-refractivity contribution in [3.05, 3.63) is 35.9 Å². The van der Waals surface area contributed by atoms with E-state index in [0.717, 1.165) is 19.7 Å². The maximum absolute atomic E-state index is 5.87. The Labute approximate surface area is 116 Å². The van der Waals surface area contributed by atoms with E-state index in [0.29, 0.717) is 18.0 Å². The van der Waals surface area contributed by atoms with Crippen molar-refractivity contribution < 1.29 is 4.74 Å². The second kappa shape index (κ2) is 7.04. The first-order valence-corrected chi connectivity index (χ1v) is 7.26. The van der Waals surface area contributed by atoms with Crippen LogP contribution in [0.4, 0.5) is 0 Å². The molecule has 19 heavy (non-hydrogen) atoms. The number of piperidine rings is 1. The predicted molar refractivity (Wildman–Crippen MR) is 79.0 cm³/mol. The van der Waals surface area contributed by atoms with Gasteiger partial charge in [-0.2, -0.15) is 0 Å². The van der Waals surface area contributed by atoms with Crippen LogP contribution in [0.15, 0.2) is 30.3 Å². The summed E-state index contributed by atoms with van der Waals surface area (Å²) in [6, 6.07) is 11.6. The molecule has 1 aliphatic heterocycles. The third kappa shape index (κ3) is 3.56. The van der Waals surface area contributed by atoms with Crippen LogP contribution in [-0.4, -0.2) is 37.7 Å². The van der Waals surface area contributed by atoms with Gasteiger partial charge in [-0.25, -0.2) is 0 Å². The molecule has 0 aromatic heterocycles. The lowest BCUT2D eigenvalue weighted by Crippen LogP contribution is -2.46. The zero-order valence-corrected chi connectivity index (χ0v) is 12.1. The molecule has 0 aliphatic carbocycles. The lowest BCUT2D eigenvalue weighted by Gasteiger charge is -2.42. The Morgan fingerprint density at radius 1 is 1.32 bits per heavy atom. The monoisotopic (exact) mass is 262 g/mol. The second-order valence-corrected chi connectivity index (χ2v) is 5.61. The van der Waals surface area contributed by atoms with Gasteiger partial charge in [0.2, 0.25) is 0 Å². The van der Waals surface area contributed by atoms with E-state index in [1.165, 1.54) is 18.4 Å². The third-order valence-electron chi connectivity index (χ3n) is 4.27. The normalized spacial score (nSPS) is 26.3. The molecular weight excluding hydrogens is 236 g/mol. The van der Waals surface area contributed by atoms with Crippen molar-refractivity contribution in [2.75, 3.05) is 26.8 Å². The predicted octanol–water partition coefficient (Wildman–Crippen LogP) is 2.43. The third-order valence-corrected chi connectivity index (χ3v) is 4.27. The molecular formula is C16H26N2O. The van der Waals surface area contributed by atoms with Crippen molar-refractivity contribution in [3.63, 3.8) is 0 Å². The van der Waals surface area contributed by atoms with E-state index in [9.17, 15) is 0 Å². The van der Waals surface area contributed by atoms with Crippen LogP contribution >= 0.6 is 0 Å². The molecule has 2 N–H and O–H groups in total. The highest BCUT2D eigenvalue weighted by Crippen LogP contribution is 2.30. The number of nitrogens with zero attached hydrogens (tertiary/aromatic N) is 1. The van der Waals surface area contributed by atoms with Crippen LogP contribution in [0.1, 0.15) is 31.4 Å². The van der Waals surface area contributed by atoms with Gasteiger partial charge in [0, 0.05) is 19.7 Å². The summed E-state index contributed by atoms with van der Waals surface area (Å²) in [7, 11) is 1.78. The minimum absolute atomic E-state index is 0.343. The van der Waals surface area contributed by atoms with Gasteiger partial charge in [0.1, 0.15) is 0 Å². The Kier molecular flexibility index (Phi) is 5.37. The molecule has 106 valence electrons. The molecule has 3 atom stereocenters. The van der Waals surface area contributed by atoms with Crippen LogP contribution in [0.5, 0.6) is 0 Å². The van der Waals surface area contributed by atoms with Gasteiger partial charge in [-0.05, 0) is 37.8 Å². The van der Waals surface area contributed by atoms with Gasteiger partial charge in [-0.3, -0.25) is 4.90 Å². The van der Waals surface area contributed by atoms with Crippen molar-refractivity contribution in [1.82, 2.24) is 4.90 Å². The molecule has 0 radical (unpaired) electrons. The van der Waals surface area contributed by atoms with Gasteiger partial charge < -0.3 is 10.5 Å². The number of benzene rings is 1. The fourth-order valence-electron chi connectivity index (χ4n) is 3.06. The molecule has 0 saturated carbocycles. The summed E-state index contributed by atoms with van der Waals surface area (Å²) >= 11 is 0. The molecule has 0 amide bonds. The summed E-state index contributed by atoms with van der Waals surface area (Å²) in [4.78, 5) is 2.57. The zero-order valence-electron chi connectivity index (χ0n) is 12.1. The van der Waals surface area contributed by atoms with Gasteiger partial charge in [-0.15, -0.1) is 0 Å². The number of rotatable bonds is 5. The number of likely N-dealkylation sites (tertiary alicyclic amines) is 1. The molecule has 2 rings (SSSR count). The maximum atomic E-state index is 5.87. The number of nitrogens with two attached hydrogens (primary N) is 1. The van der Waals surface area contributed by atoms with E-state index in [2.05, 4.69) is 42.2 Å². The molecule has 1 aromatic rings. The molecule has 1 aromatic carbocycles. The summed E-state index contributed by atoms with van der Waals surface area (Å²) in [6.45, 7) is 4.93. The lowest BCUT2D eigenvalue weighted by molar-refractivity contribution is 0.0277. The van der Waals surface area contributed by atoms with E-state index in [4.69, 9.17) is 10.5 Å². The van der Waals surface area contributed by atoms with E-state index in [1.807, 2.05) is 0 Å². The second-order valence-electron chi connectivity index (χ2n) is 5.61. The van der Waals surface area contributed by atoms with E-state index in [1.54, 1.807) is 7.11 Å². The summed E-state index contributed by atoms with van der Waals surface area (Å²) < 4.78 is 5.46. The topological polar surface area (TPSA) is 38.5 Å². The Morgan fingerprint density at radius 3 is 2.68 bits per heavy atom. The standard InChI is InChI=1S/C16H26N2O/c1-13-8-9-14(10-17)11-18(13)16(12-19-2)15-6-4-3-5-7-15/h3-7,13-14,16H,8-12,17H2,1-2H3. The Bertz CT molecular complexity index is 368. The van der Waals surface area contributed by atoms with Crippen molar-refractivity contribution in [1.29, 1.82) is 0 Å². The summed E-state index contributed by atoms with van der Waals surface area (Å²) in [6.07, 6.45) is 2.48. The highest BCUT2D eigenvalue weighted by Gasteiger charge is 2.30. The fourth-order valence-corrected chi connectivity index (χ4v) is 3.06. The average molecular weight is 262 g/mol. The minimum Gasteiger partial charge on any atom is -0.383 e. The molecule has 3 heteroatoms. The first-order valence-electron chi connectivity index (χ1n) is 7.26. The van der Waals surface area contributed by atoms with Crippen LogP contribution in [0.3, 0.4) is 0 Å². The number of hydrogen-bond acceptors (Lipinski definition) is 3. The zero-order chi connectivity index (χ0) is 13.7. The van der Waals surface area contributed by atoms with Gasteiger partial charge >= 0.3 is 0 Å². The molecule has 1 aliphatic rings. The fraction of sp³-hybridized carbons (Fsp3) is 0.625. The minimum atomic E-state index is 0.343. The summed E-state index contributed by atoms with van der Waals surface area (Å²) in [5.74, 6) is 0.624. The highest BCUT2D eigenvalue weighted by atomic mass is 16.5. The molecule has 0 spiro atoms. The molecule has 3 unspecified atom stereocenters. The van der Waals surface area contributed by atoms with Crippen molar-refractivity contribution in [2.45, 2.75) is 31.8 Å². The molecule has 1 heterocycles. The quantitative estimate of drug-likeness (QED) is 0.885. The summed E-state index contributed by atoms with van der Waals surface area (Å²) in [5, 5.41) is 0. The van der Waals surface area contributed by atoms with Crippen LogP contribution in [0, 0.1) is 5.92 Å². The lowest BCUT2D eigenvalue weighted by atomic mass is 9.90. The maximum Gasteiger partial charge on any atom is 0.0659 e. The number of hydrogen-bond donors (Lipinski definition) is 1. The first-order chi connectivity index (χ1) is 9.26.